The molecule has 0 aliphatic heterocycles. The van der Waals surface area contributed by atoms with Gasteiger partial charge in [-0.15, -0.1) is 0 Å². The van der Waals surface area contributed by atoms with Crippen molar-refractivity contribution in [1.82, 2.24) is 0 Å². The van der Waals surface area contributed by atoms with Gasteiger partial charge in [0.25, 0.3) is 0 Å². The smallest absolute Gasteiger partial charge is 0.0647 e. The Hall–Kier alpha value is -0.0400. The first-order valence-electron chi connectivity index (χ1n) is 5.39. The van der Waals surface area contributed by atoms with Crippen molar-refractivity contribution in [3.63, 3.8) is 0 Å². The normalized spacial score (nSPS) is 25.2. The molecule has 0 unspecified atom stereocenters. The molecule has 0 aromatic heterocycles. The molecule has 1 N–H and O–H groups in total. The summed E-state index contributed by atoms with van der Waals surface area (Å²) in [6.45, 7) is 4.17. The maximum atomic E-state index is 10.1. The Morgan fingerprint density at radius 3 is 2.33 bits per heavy atom. The molecule has 0 aromatic carbocycles. The monoisotopic (exact) mass is 170 g/mol. The Bertz CT molecular complexity index is 123. The van der Waals surface area contributed by atoms with Gasteiger partial charge in [-0.2, -0.15) is 0 Å². The van der Waals surface area contributed by atoms with E-state index in [4.69, 9.17) is 0 Å². The highest BCUT2D eigenvalue weighted by Gasteiger charge is 2.31. The van der Waals surface area contributed by atoms with Gasteiger partial charge in [0.2, 0.25) is 0 Å². The van der Waals surface area contributed by atoms with Crippen LogP contribution in [0.3, 0.4) is 0 Å². The topological polar surface area (TPSA) is 20.2 Å². The van der Waals surface area contributed by atoms with Crippen LogP contribution in [0.15, 0.2) is 0 Å². The highest BCUT2D eigenvalue weighted by atomic mass is 16.3. The van der Waals surface area contributed by atoms with E-state index in [9.17, 15) is 5.11 Å². The van der Waals surface area contributed by atoms with Gasteiger partial charge in [-0.3, -0.25) is 0 Å². The van der Waals surface area contributed by atoms with Crippen molar-refractivity contribution in [2.24, 2.45) is 5.92 Å². The Morgan fingerprint density at radius 1 is 1.25 bits per heavy atom. The third kappa shape index (κ3) is 2.48. The van der Waals surface area contributed by atoms with Crippen LogP contribution >= 0.6 is 0 Å². The van der Waals surface area contributed by atoms with E-state index in [1.165, 1.54) is 32.1 Å². The Balaban J connectivity index is 2.41. The van der Waals surface area contributed by atoms with Gasteiger partial charge in [0.15, 0.2) is 0 Å². The zero-order valence-electron chi connectivity index (χ0n) is 8.47. The van der Waals surface area contributed by atoms with E-state index in [-0.39, 0.29) is 5.60 Å². The molecule has 72 valence electrons. The van der Waals surface area contributed by atoms with E-state index >= 15 is 0 Å². The van der Waals surface area contributed by atoms with E-state index in [1.807, 2.05) is 6.92 Å². The van der Waals surface area contributed by atoms with E-state index in [1.54, 1.807) is 0 Å². The summed E-state index contributed by atoms with van der Waals surface area (Å²) in [6, 6.07) is 0. The maximum absolute atomic E-state index is 10.1. The van der Waals surface area contributed by atoms with Crippen LogP contribution in [0.1, 0.15) is 58.8 Å². The SMILES string of the molecule is CCC[C@](C)(O)C1CCCCC1. The standard InChI is InChI=1S/C11H22O/c1-3-9-11(2,12)10-7-5-4-6-8-10/h10,12H,3-9H2,1-2H3/t11-/m0/s1. The molecule has 1 saturated carbocycles. The zero-order valence-corrected chi connectivity index (χ0v) is 8.47. The third-order valence-electron chi connectivity index (χ3n) is 3.24. The van der Waals surface area contributed by atoms with Crippen LogP contribution < -0.4 is 0 Å². The molecule has 1 rings (SSSR count). The van der Waals surface area contributed by atoms with Crippen LogP contribution in [0.4, 0.5) is 0 Å². The molecule has 1 aliphatic rings. The first-order chi connectivity index (χ1) is 5.67. The predicted molar refractivity (Wildman–Crippen MR) is 52.1 cm³/mol. The lowest BCUT2D eigenvalue weighted by molar-refractivity contribution is -0.0239. The summed E-state index contributed by atoms with van der Waals surface area (Å²) in [5, 5.41) is 10.1. The Kier molecular flexibility index (Phi) is 3.57. The molecular weight excluding hydrogens is 148 g/mol. The van der Waals surface area contributed by atoms with Crippen molar-refractivity contribution in [2.45, 2.75) is 64.4 Å². The summed E-state index contributed by atoms with van der Waals surface area (Å²) in [5.41, 5.74) is -0.380. The lowest BCUT2D eigenvalue weighted by atomic mass is 9.76. The summed E-state index contributed by atoms with van der Waals surface area (Å²) in [4.78, 5) is 0. The minimum atomic E-state index is -0.380. The zero-order chi connectivity index (χ0) is 9.03. The molecule has 0 aromatic rings. The van der Waals surface area contributed by atoms with Crippen molar-refractivity contribution >= 4 is 0 Å². The first-order valence-corrected chi connectivity index (χ1v) is 5.39. The van der Waals surface area contributed by atoms with Crippen molar-refractivity contribution in [3.8, 4) is 0 Å². The molecule has 0 radical (unpaired) electrons. The fraction of sp³-hybridized carbons (Fsp3) is 1.00. The summed E-state index contributed by atoms with van der Waals surface area (Å²) >= 11 is 0. The van der Waals surface area contributed by atoms with E-state index in [2.05, 4.69) is 6.92 Å². The van der Waals surface area contributed by atoms with Gasteiger partial charge in [-0.25, -0.2) is 0 Å². The maximum Gasteiger partial charge on any atom is 0.0647 e. The van der Waals surface area contributed by atoms with Crippen LogP contribution in [0.2, 0.25) is 0 Å². The second-order valence-corrected chi connectivity index (χ2v) is 4.44. The van der Waals surface area contributed by atoms with Gasteiger partial charge >= 0.3 is 0 Å². The summed E-state index contributed by atoms with van der Waals surface area (Å²) in [5.74, 6) is 0.575. The third-order valence-corrected chi connectivity index (χ3v) is 3.24. The molecule has 0 heterocycles. The van der Waals surface area contributed by atoms with Gasteiger partial charge in [-0.05, 0) is 32.1 Å². The van der Waals surface area contributed by atoms with E-state index in [0.717, 1.165) is 12.8 Å². The molecule has 12 heavy (non-hydrogen) atoms. The molecule has 0 bridgehead atoms. The molecule has 0 spiro atoms. The molecule has 0 amide bonds. The number of hydrogen-bond donors (Lipinski definition) is 1. The highest BCUT2D eigenvalue weighted by molar-refractivity contribution is 4.83. The second-order valence-electron chi connectivity index (χ2n) is 4.44. The van der Waals surface area contributed by atoms with Crippen LogP contribution in [0, 0.1) is 5.92 Å². The van der Waals surface area contributed by atoms with Crippen LogP contribution in [-0.4, -0.2) is 10.7 Å². The van der Waals surface area contributed by atoms with E-state index < -0.39 is 0 Å². The second kappa shape index (κ2) is 4.27. The molecule has 1 fully saturated rings. The van der Waals surface area contributed by atoms with Gasteiger partial charge in [-0.1, -0.05) is 32.6 Å². The Morgan fingerprint density at radius 2 is 1.83 bits per heavy atom. The number of aliphatic hydroxyl groups is 1. The van der Waals surface area contributed by atoms with Gasteiger partial charge < -0.3 is 5.11 Å². The average molecular weight is 170 g/mol. The minimum Gasteiger partial charge on any atom is -0.390 e. The Labute approximate surface area is 76.2 Å². The van der Waals surface area contributed by atoms with Crippen LogP contribution in [0.25, 0.3) is 0 Å². The number of rotatable bonds is 3. The van der Waals surface area contributed by atoms with Crippen LogP contribution in [0.5, 0.6) is 0 Å². The first kappa shape index (κ1) is 10.0. The quantitative estimate of drug-likeness (QED) is 0.690. The molecule has 1 aliphatic carbocycles. The average Bonchev–Trinajstić information content (AvgIpc) is 2.06. The van der Waals surface area contributed by atoms with Crippen molar-refractivity contribution < 1.29 is 5.11 Å². The molecular formula is C11H22O. The fourth-order valence-corrected chi connectivity index (χ4v) is 2.43. The predicted octanol–water partition coefficient (Wildman–Crippen LogP) is 3.12. The van der Waals surface area contributed by atoms with Crippen molar-refractivity contribution in [1.29, 1.82) is 0 Å². The van der Waals surface area contributed by atoms with Crippen molar-refractivity contribution in [3.05, 3.63) is 0 Å². The fourth-order valence-electron chi connectivity index (χ4n) is 2.43. The molecule has 1 atom stereocenters. The number of hydrogen-bond acceptors (Lipinski definition) is 1. The minimum absolute atomic E-state index is 0.380. The largest absolute Gasteiger partial charge is 0.390 e. The molecule has 1 heteroatoms. The lowest BCUT2D eigenvalue weighted by Crippen LogP contribution is -2.35. The highest BCUT2D eigenvalue weighted by Crippen LogP contribution is 2.34. The molecule has 0 saturated heterocycles. The van der Waals surface area contributed by atoms with Gasteiger partial charge in [0, 0.05) is 0 Å². The molecule has 1 nitrogen and oxygen atoms in total. The van der Waals surface area contributed by atoms with E-state index in [0.29, 0.717) is 5.92 Å². The van der Waals surface area contributed by atoms with Gasteiger partial charge in [0.05, 0.1) is 5.60 Å². The summed E-state index contributed by atoms with van der Waals surface area (Å²) in [7, 11) is 0. The summed E-state index contributed by atoms with van der Waals surface area (Å²) < 4.78 is 0. The van der Waals surface area contributed by atoms with Gasteiger partial charge in [0.1, 0.15) is 0 Å². The van der Waals surface area contributed by atoms with Crippen molar-refractivity contribution in [2.75, 3.05) is 0 Å². The lowest BCUT2D eigenvalue weighted by Gasteiger charge is -2.35. The van der Waals surface area contributed by atoms with Crippen LogP contribution in [-0.2, 0) is 0 Å². The summed E-state index contributed by atoms with van der Waals surface area (Å²) in [6.07, 6.45) is 8.58.